The first-order valence-corrected chi connectivity index (χ1v) is 15.6. The Morgan fingerprint density at radius 3 is 2.51 bits per heavy atom. The molecule has 1 saturated carbocycles. The number of likely N-dealkylation sites (N-methyl/N-ethyl adjacent to an activating group) is 1. The van der Waals surface area contributed by atoms with Crippen molar-refractivity contribution in [1.29, 1.82) is 0 Å². The second kappa shape index (κ2) is 14.3. The first kappa shape index (κ1) is 30.3. The van der Waals surface area contributed by atoms with Gasteiger partial charge in [-0.25, -0.2) is 8.42 Å². The van der Waals surface area contributed by atoms with Gasteiger partial charge in [0, 0.05) is 36.1 Å². The Balaban J connectivity index is 1.31. The quantitative estimate of drug-likeness (QED) is 0.320. The van der Waals surface area contributed by atoms with Crippen molar-refractivity contribution in [2.24, 2.45) is 11.8 Å². The molecule has 0 radical (unpaired) electrons. The third-order valence-electron chi connectivity index (χ3n) is 6.97. The summed E-state index contributed by atoms with van der Waals surface area (Å²) in [5, 5.41) is 5.51. The number of halogens is 2. The molecule has 0 saturated heterocycles. The number of thiophene rings is 1. The van der Waals surface area contributed by atoms with E-state index in [9.17, 15) is 13.2 Å². The van der Waals surface area contributed by atoms with Gasteiger partial charge in [0.1, 0.15) is 11.5 Å². The second-order valence-electron chi connectivity index (χ2n) is 9.80. The fourth-order valence-electron chi connectivity index (χ4n) is 4.96. The molecule has 1 aliphatic rings. The number of nitrogens with zero attached hydrogens (tertiary/aromatic N) is 2. The van der Waals surface area contributed by atoms with Crippen LogP contribution in [0.3, 0.4) is 0 Å². The van der Waals surface area contributed by atoms with Gasteiger partial charge in [0.15, 0.2) is 0 Å². The summed E-state index contributed by atoms with van der Waals surface area (Å²) in [7, 11) is 2.00. The molecule has 1 N–H and O–H groups in total. The molecule has 11 heteroatoms. The zero-order chi connectivity index (χ0) is 27.0. The molecule has 7 nitrogen and oxygen atoms in total. The van der Waals surface area contributed by atoms with Gasteiger partial charge in [0.25, 0.3) is 0 Å². The lowest BCUT2D eigenvalue weighted by Crippen LogP contribution is -2.34. The van der Waals surface area contributed by atoms with Crippen LogP contribution < -0.4 is 5.32 Å². The van der Waals surface area contributed by atoms with Crippen molar-refractivity contribution in [2.75, 3.05) is 47.4 Å². The molecular formula is C26H37Cl2N3O4S2. The molecule has 1 aliphatic carbocycles. The van der Waals surface area contributed by atoms with Gasteiger partial charge in [-0.3, -0.25) is 4.79 Å². The molecule has 37 heavy (non-hydrogen) atoms. The maximum atomic E-state index is 12.7. The van der Waals surface area contributed by atoms with Crippen molar-refractivity contribution >= 4 is 50.5 Å². The van der Waals surface area contributed by atoms with Crippen LogP contribution in [-0.4, -0.2) is 71.0 Å². The molecule has 2 aromatic rings. The van der Waals surface area contributed by atoms with Gasteiger partial charge >= 0.3 is 0 Å². The topological polar surface area (TPSA) is 79.0 Å². The van der Waals surface area contributed by atoms with Crippen molar-refractivity contribution in [3.8, 4) is 0 Å². The van der Waals surface area contributed by atoms with Crippen LogP contribution in [-0.2, 0) is 19.6 Å². The lowest BCUT2D eigenvalue weighted by atomic mass is 9.76. The van der Waals surface area contributed by atoms with E-state index in [1.54, 1.807) is 0 Å². The summed E-state index contributed by atoms with van der Waals surface area (Å²) >= 11 is 13.7. The Labute approximate surface area is 235 Å². The monoisotopic (exact) mass is 589 g/mol. The van der Waals surface area contributed by atoms with Gasteiger partial charge in [-0.05, 0) is 74.8 Å². The van der Waals surface area contributed by atoms with E-state index in [1.807, 2.05) is 11.3 Å². The largest absolute Gasteiger partial charge is 0.370 e. The maximum absolute atomic E-state index is 12.7. The summed E-state index contributed by atoms with van der Waals surface area (Å²) < 4.78 is 32.0. The molecule has 0 spiro atoms. The first-order valence-electron chi connectivity index (χ1n) is 12.5. The van der Waals surface area contributed by atoms with E-state index in [2.05, 4.69) is 41.8 Å². The molecule has 1 unspecified atom stereocenters. The third-order valence-corrected chi connectivity index (χ3v) is 10.5. The molecule has 0 aliphatic heterocycles. The highest BCUT2D eigenvalue weighted by atomic mass is 35.5. The average molecular weight is 591 g/mol. The Hall–Kier alpha value is -1.20. The molecule has 1 atom stereocenters. The van der Waals surface area contributed by atoms with Crippen molar-refractivity contribution in [1.82, 2.24) is 14.5 Å². The van der Waals surface area contributed by atoms with E-state index in [0.29, 0.717) is 29.4 Å². The van der Waals surface area contributed by atoms with Crippen LogP contribution in [0.15, 0.2) is 40.6 Å². The normalized spacial score (nSPS) is 19.3. The van der Waals surface area contributed by atoms with Crippen molar-refractivity contribution in [3.05, 3.63) is 50.6 Å². The van der Waals surface area contributed by atoms with Crippen molar-refractivity contribution in [2.45, 2.75) is 43.0 Å². The maximum Gasteiger partial charge on any atom is 0.245 e. The lowest BCUT2D eigenvalue weighted by molar-refractivity contribution is -0.125. The number of benzene rings is 1. The molecular weight excluding hydrogens is 553 g/mol. The highest BCUT2D eigenvalue weighted by molar-refractivity contribution is 7.89. The zero-order valence-corrected chi connectivity index (χ0v) is 24.8. The van der Waals surface area contributed by atoms with Crippen molar-refractivity contribution < 1.29 is 17.9 Å². The number of hydrogen-bond donors (Lipinski definition) is 1. The third kappa shape index (κ3) is 8.65. The summed E-state index contributed by atoms with van der Waals surface area (Å²) in [5.41, 5.74) is 0. The lowest BCUT2D eigenvalue weighted by Gasteiger charge is -2.37. The van der Waals surface area contributed by atoms with Crippen LogP contribution >= 0.6 is 34.5 Å². The summed E-state index contributed by atoms with van der Waals surface area (Å²) in [5.74, 6) is 1.11. The molecule has 0 bridgehead atoms. The van der Waals surface area contributed by atoms with Crippen LogP contribution in [0.25, 0.3) is 0 Å². The fourth-order valence-corrected chi connectivity index (χ4v) is 7.87. The van der Waals surface area contributed by atoms with Crippen molar-refractivity contribution in [3.63, 3.8) is 0 Å². The predicted octanol–water partition coefficient (Wildman–Crippen LogP) is 5.31. The molecule has 1 aromatic heterocycles. The number of carbonyl (C=O) groups excluding carboxylic acids is 1. The second-order valence-corrected chi connectivity index (χ2v) is 13.6. The van der Waals surface area contributed by atoms with Crippen LogP contribution in [0, 0.1) is 11.8 Å². The highest BCUT2D eigenvalue weighted by Crippen LogP contribution is 2.41. The van der Waals surface area contributed by atoms with Crippen LogP contribution in [0.2, 0.25) is 10.0 Å². The molecule has 3 rings (SSSR count). The fraction of sp³-hybridized carbons (Fsp3) is 0.577. The Morgan fingerprint density at radius 1 is 1.16 bits per heavy atom. The van der Waals surface area contributed by atoms with E-state index in [1.165, 1.54) is 55.8 Å². The standard InChI is InChI=1S/C26H37Cl2N3O4S2/c1-30(2)26(23-5-4-16-36-23)20-8-6-19(7-9-20)12-13-29-25(32)18-35-15-14-31(3)37(33,34)24-11-10-21(27)17-22(24)28/h4-5,10-11,16-17,19-20,26H,6-9,12-15,18H2,1-3H3,(H,29,32). The summed E-state index contributed by atoms with van der Waals surface area (Å²) in [6.45, 7) is 0.712. The Morgan fingerprint density at radius 2 is 1.89 bits per heavy atom. The number of ether oxygens (including phenoxy) is 1. The number of nitrogens with one attached hydrogen (secondary N) is 1. The van der Waals surface area contributed by atoms with Crippen LogP contribution in [0.5, 0.6) is 0 Å². The number of sulfonamides is 1. The Kier molecular flexibility index (Phi) is 11.7. The van der Waals surface area contributed by atoms with Crippen LogP contribution in [0.4, 0.5) is 0 Å². The number of carbonyl (C=O) groups is 1. The first-order chi connectivity index (χ1) is 17.6. The van der Waals surface area contributed by atoms with Gasteiger partial charge in [0.05, 0.1) is 11.6 Å². The molecule has 206 valence electrons. The molecule has 1 amide bonds. The average Bonchev–Trinajstić information content (AvgIpc) is 3.36. The van der Waals surface area contributed by atoms with Gasteiger partial charge in [-0.2, -0.15) is 4.31 Å². The summed E-state index contributed by atoms with van der Waals surface area (Å²) in [6, 6.07) is 9.10. The van der Waals surface area contributed by atoms with E-state index in [-0.39, 0.29) is 35.6 Å². The van der Waals surface area contributed by atoms with Gasteiger partial charge in [-0.1, -0.05) is 42.1 Å². The summed E-state index contributed by atoms with van der Waals surface area (Å²) in [6.07, 6.45) is 5.75. The minimum Gasteiger partial charge on any atom is -0.370 e. The van der Waals surface area contributed by atoms with E-state index < -0.39 is 10.0 Å². The SMILES string of the molecule is CN(C)C(c1cccs1)C1CCC(CCNC(=O)COCCN(C)S(=O)(=O)c2ccc(Cl)cc2Cl)CC1. The minimum atomic E-state index is -3.78. The molecule has 1 fully saturated rings. The van der Waals surface area contributed by atoms with E-state index >= 15 is 0 Å². The van der Waals surface area contributed by atoms with E-state index in [0.717, 1.165) is 10.7 Å². The van der Waals surface area contributed by atoms with Gasteiger partial charge in [-0.15, -0.1) is 11.3 Å². The number of amides is 1. The number of rotatable bonds is 13. The molecule has 1 aromatic carbocycles. The van der Waals surface area contributed by atoms with Gasteiger partial charge in [0.2, 0.25) is 15.9 Å². The van der Waals surface area contributed by atoms with E-state index in [4.69, 9.17) is 27.9 Å². The predicted molar refractivity (Wildman–Crippen MR) is 151 cm³/mol. The highest BCUT2D eigenvalue weighted by Gasteiger charge is 2.30. The zero-order valence-electron chi connectivity index (χ0n) is 21.7. The molecule has 1 heterocycles. The smallest absolute Gasteiger partial charge is 0.245 e. The number of hydrogen-bond acceptors (Lipinski definition) is 6. The van der Waals surface area contributed by atoms with Crippen LogP contribution in [0.1, 0.15) is 43.0 Å². The minimum absolute atomic E-state index is 0.0170. The van der Waals surface area contributed by atoms with Gasteiger partial charge < -0.3 is 15.0 Å². The Bertz CT molecular complexity index is 1110. The summed E-state index contributed by atoms with van der Waals surface area (Å²) in [4.78, 5) is 15.9.